The maximum atomic E-state index is 14.1. The van der Waals surface area contributed by atoms with Gasteiger partial charge in [0.15, 0.2) is 0 Å². The van der Waals surface area contributed by atoms with Gasteiger partial charge in [0.2, 0.25) is 0 Å². The Labute approximate surface area is 115 Å². The minimum Gasteiger partial charge on any atom is -0.368 e. The van der Waals surface area contributed by atoms with Crippen LogP contribution in [0.4, 0.5) is 10.1 Å². The van der Waals surface area contributed by atoms with Crippen LogP contribution in [0.3, 0.4) is 0 Å². The van der Waals surface area contributed by atoms with E-state index < -0.39 is 0 Å². The fraction of sp³-hybridized carbons (Fsp3) is 0.625. The zero-order valence-electron chi connectivity index (χ0n) is 12.4. The van der Waals surface area contributed by atoms with E-state index in [0.29, 0.717) is 23.4 Å². The second-order valence-corrected chi connectivity index (χ2v) is 6.17. The molecule has 3 unspecified atom stereocenters. The lowest BCUT2D eigenvalue weighted by Crippen LogP contribution is -2.46. The second-order valence-electron chi connectivity index (χ2n) is 6.17. The second kappa shape index (κ2) is 5.49. The highest BCUT2D eigenvalue weighted by Crippen LogP contribution is 2.35. The summed E-state index contributed by atoms with van der Waals surface area (Å²) in [6.45, 7) is 9.60. The summed E-state index contributed by atoms with van der Waals surface area (Å²) in [6.07, 6.45) is 1.24. The minimum absolute atomic E-state index is 0.189. The SMILES string of the molecule is CC1CC(C)C(C)N(c2cccc(F)c2[C@H](C)N)C1. The van der Waals surface area contributed by atoms with E-state index in [1.165, 1.54) is 12.5 Å². The average Bonchev–Trinajstić information content (AvgIpc) is 2.33. The number of piperidine rings is 1. The third kappa shape index (κ3) is 2.76. The zero-order chi connectivity index (χ0) is 14.2. The number of nitrogens with two attached hydrogens (primary N) is 1. The van der Waals surface area contributed by atoms with Crippen LogP contribution in [0.25, 0.3) is 0 Å². The number of benzene rings is 1. The maximum absolute atomic E-state index is 14.1. The van der Waals surface area contributed by atoms with Crippen molar-refractivity contribution in [3.8, 4) is 0 Å². The minimum atomic E-state index is -0.282. The Morgan fingerprint density at radius 1 is 1.32 bits per heavy atom. The van der Waals surface area contributed by atoms with Gasteiger partial charge in [0.1, 0.15) is 5.82 Å². The van der Waals surface area contributed by atoms with Crippen molar-refractivity contribution in [1.29, 1.82) is 0 Å². The van der Waals surface area contributed by atoms with E-state index in [9.17, 15) is 4.39 Å². The van der Waals surface area contributed by atoms with Gasteiger partial charge >= 0.3 is 0 Å². The molecule has 1 aromatic carbocycles. The summed E-state index contributed by atoms with van der Waals surface area (Å²) in [4.78, 5) is 2.33. The van der Waals surface area contributed by atoms with Crippen LogP contribution in [0.15, 0.2) is 18.2 Å². The number of nitrogens with zero attached hydrogens (tertiary/aromatic N) is 1. The van der Waals surface area contributed by atoms with Crippen LogP contribution in [-0.2, 0) is 0 Å². The number of hydrogen-bond donors (Lipinski definition) is 1. The van der Waals surface area contributed by atoms with Gasteiger partial charge in [-0.05, 0) is 44.2 Å². The molecule has 1 fully saturated rings. The molecule has 106 valence electrons. The van der Waals surface area contributed by atoms with Crippen LogP contribution >= 0.6 is 0 Å². The molecule has 1 saturated heterocycles. The molecule has 19 heavy (non-hydrogen) atoms. The summed E-state index contributed by atoms with van der Waals surface area (Å²) in [5, 5.41) is 0. The first kappa shape index (κ1) is 14.3. The van der Waals surface area contributed by atoms with Crippen LogP contribution in [0, 0.1) is 17.7 Å². The van der Waals surface area contributed by atoms with E-state index >= 15 is 0 Å². The van der Waals surface area contributed by atoms with E-state index in [4.69, 9.17) is 5.73 Å². The van der Waals surface area contributed by atoms with E-state index in [1.54, 1.807) is 6.07 Å². The number of halogens is 1. The van der Waals surface area contributed by atoms with Crippen molar-refractivity contribution < 1.29 is 4.39 Å². The number of rotatable bonds is 2. The van der Waals surface area contributed by atoms with Crippen molar-refractivity contribution in [2.75, 3.05) is 11.4 Å². The van der Waals surface area contributed by atoms with Crippen molar-refractivity contribution in [1.82, 2.24) is 0 Å². The van der Waals surface area contributed by atoms with Crippen molar-refractivity contribution >= 4 is 5.69 Å². The Balaban J connectivity index is 2.43. The molecule has 2 N–H and O–H groups in total. The highest BCUT2D eigenvalue weighted by atomic mass is 19.1. The molecular formula is C16H25FN2. The van der Waals surface area contributed by atoms with Gasteiger partial charge in [-0.3, -0.25) is 0 Å². The Bertz CT molecular complexity index is 444. The summed E-state index contributed by atoms with van der Waals surface area (Å²) in [7, 11) is 0. The molecule has 4 atom stereocenters. The van der Waals surface area contributed by atoms with Crippen molar-refractivity contribution in [3.63, 3.8) is 0 Å². The maximum Gasteiger partial charge on any atom is 0.130 e. The van der Waals surface area contributed by atoms with E-state index in [1.807, 2.05) is 13.0 Å². The molecule has 1 aliphatic rings. The average molecular weight is 264 g/mol. The van der Waals surface area contributed by atoms with Crippen molar-refractivity contribution in [3.05, 3.63) is 29.6 Å². The fourth-order valence-electron chi connectivity index (χ4n) is 3.26. The van der Waals surface area contributed by atoms with Crippen LogP contribution < -0.4 is 10.6 Å². The van der Waals surface area contributed by atoms with Gasteiger partial charge in [-0.25, -0.2) is 4.39 Å². The normalized spacial score (nSPS) is 29.4. The molecule has 0 spiro atoms. The van der Waals surface area contributed by atoms with Gasteiger partial charge in [0.05, 0.1) is 0 Å². The molecule has 2 rings (SSSR count). The summed E-state index contributed by atoms with van der Waals surface area (Å²) < 4.78 is 14.1. The first-order valence-electron chi connectivity index (χ1n) is 7.22. The molecule has 3 heteroatoms. The predicted molar refractivity (Wildman–Crippen MR) is 78.8 cm³/mol. The molecule has 0 aliphatic carbocycles. The lowest BCUT2D eigenvalue weighted by Gasteiger charge is -2.43. The predicted octanol–water partition coefficient (Wildman–Crippen LogP) is 3.72. The van der Waals surface area contributed by atoms with Crippen LogP contribution in [0.5, 0.6) is 0 Å². The van der Waals surface area contributed by atoms with Crippen molar-refractivity contribution in [2.45, 2.75) is 46.2 Å². The van der Waals surface area contributed by atoms with Crippen LogP contribution in [-0.4, -0.2) is 12.6 Å². The van der Waals surface area contributed by atoms with Crippen LogP contribution in [0.2, 0.25) is 0 Å². The molecule has 0 aromatic heterocycles. The first-order chi connectivity index (χ1) is 8.91. The summed E-state index contributed by atoms with van der Waals surface area (Å²) in [6, 6.07) is 5.44. The van der Waals surface area contributed by atoms with Gasteiger partial charge in [-0.1, -0.05) is 19.9 Å². The number of hydrogen-bond acceptors (Lipinski definition) is 2. The molecular weight excluding hydrogens is 239 g/mol. The molecule has 2 nitrogen and oxygen atoms in total. The fourth-order valence-corrected chi connectivity index (χ4v) is 3.26. The highest BCUT2D eigenvalue weighted by Gasteiger charge is 2.31. The number of anilines is 1. The Kier molecular flexibility index (Phi) is 4.14. The largest absolute Gasteiger partial charge is 0.368 e. The van der Waals surface area contributed by atoms with E-state index in [-0.39, 0.29) is 11.9 Å². The lowest BCUT2D eigenvalue weighted by molar-refractivity contribution is 0.296. The zero-order valence-corrected chi connectivity index (χ0v) is 12.4. The molecule has 1 aliphatic heterocycles. The third-order valence-electron chi connectivity index (χ3n) is 4.39. The molecule has 1 heterocycles. The highest BCUT2D eigenvalue weighted by molar-refractivity contribution is 5.56. The standard InChI is InChI=1S/C16H25FN2/c1-10-8-11(2)13(4)19(9-10)15-7-5-6-14(17)16(15)12(3)18/h5-7,10-13H,8-9,18H2,1-4H3/t10?,11?,12-,13?/m0/s1. The third-order valence-corrected chi connectivity index (χ3v) is 4.39. The molecule has 0 radical (unpaired) electrons. The van der Waals surface area contributed by atoms with Gasteiger partial charge in [-0.2, -0.15) is 0 Å². The molecule has 0 saturated carbocycles. The first-order valence-corrected chi connectivity index (χ1v) is 7.22. The van der Waals surface area contributed by atoms with E-state index in [0.717, 1.165) is 12.2 Å². The van der Waals surface area contributed by atoms with Gasteiger partial charge in [-0.15, -0.1) is 0 Å². The quantitative estimate of drug-likeness (QED) is 0.882. The Hall–Kier alpha value is -1.09. The molecule has 0 amide bonds. The van der Waals surface area contributed by atoms with Gasteiger partial charge in [0.25, 0.3) is 0 Å². The topological polar surface area (TPSA) is 29.3 Å². The van der Waals surface area contributed by atoms with E-state index in [2.05, 4.69) is 25.7 Å². The molecule has 1 aromatic rings. The smallest absolute Gasteiger partial charge is 0.130 e. The summed E-state index contributed by atoms with van der Waals surface area (Å²) in [5.74, 6) is 1.06. The molecule has 0 bridgehead atoms. The van der Waals surface area contributed by atoms with Crippen LogP contribution in [0.1, 0.15) is 45.7 Å². The van der Waals surface area contributed by atoms with Crippen molar-refractivity contribution in [2.24, 2.45) is 17.6 Å². The lowest BCUT2D eigenvalue weighted by atomic mass is 9.85. The van der Waals surface area contributed by atoms with Gasteiger partial charge < -0.3 is 10.6 Å². The summed E-state index contributed by atoms with van der Waals surface area (Å²) >= 11 is 0. The van der Waals surface area contributed by atoms with Gasteiger partial charge in [0, 0.05) is 29.9 Å². The Morgan fingerprint density at radius 3 is 2.63 bits per heavy atom. The summed E-state index contributed by atoms with van der Waals surface area (Å²) in [5.41, 5.74) is 7.59. The monoisotopic (exact) mass is 264 g/mol. The Morgan fingerprint density at radius 2 is 2.00 bits per heavy atom.